The zero-order valence-corrected chi connectivity index (χ0v) is 5.13. The Balaban J connectivity index is 3.60. The van der Waals surface area contributed by atoms with E-state index >= 15 is 0 Å². The molecule has 0 aliphatic rings. The van der Waals surface area contributed by atoms with Crippen molar-refractivity contribution in [2.75, 3.05) is 7.11 Å². The lowest BCUT2D eigenvalue weighted by atomic mass is 10.3. The average Bonchev–Trinajstić information content (AvgIpc) is 1.82. The Morgan fingerprint density at radius 2 is 2.56 bits per heavy atom. The van der Waals surface area contributed by atoms with E-state index in [1.807, 2.05) is 0 Å². The van der Waals surface area contributed by atoms with Crippen LogP contribution in [0.2, 0.25) is 0 Å². The van der Waals surface area contributed by atoms with E-state index in [9.17, 15) is 4.79 Å². The van der Waals surface area contributed by atoms with Crippen molar-refractivity contribution in [2.45, 2.75) is 12.5 Å². The van der Waals surface area contributed by atoms with E-state index in [-0.39, 0.29) is 6.42 Å². The van der Waals surface area contributed by atoms with Gasteiger partial charge in [0.15, 0.2) is 0 Å². The number of terminal acetylenes is 1. The molecule has 0 aliphatic carbocycles. The largest absolute Gasteiger partial charge is 0.481 e. The SMILES string of the molecule is C#C[C@@H](CC(=O)O)OC. The molecule has 0 saturated carbocycles. The minimum atomic E-state index is -0.945. The molecular formula is C6H8O3. The van der Waals surface area contributed by atoms with Crippen molar-refractivity contribution in [3.8, 4) is 12.3 Å². The standard InChI is InChI=1S/C6H8O3/c1-3-5(9-2)4-6(7)8/h1,5H,4H2,2H3,(H,7,8)/t5-/m0/s1. The van der Waals surface area contributed by atoms with E-state index in [0.29, 0.717) is 0 Å². The molecule has 50 valence electrons. The predicted molar refractivity (Wildman–Crippen MR) is 31.9 cm³/mol. The van der Waals surface area contributed by atoms with Crippen molar-refractivity contribution in [1.29, 1.82) is 0 Å². The number of hydrogen-bond donors (Lipinski definition) is 1. The fourth-order valence-electron chi connectivity index (χ4n) is 0.369. The van der Waals surface area contributed by atoms with Crippen molar-refractivity contribution >= 4 is 5.97 Å². The van der Waals surface area contributed by atoms with Gasteiger partial charge in [0, 0.05) is 7.11 Å². The monoisotopic (exact) mass is 128 g/mol. The van der Waals surface area contributed by atoms with Gasteiger partial charge in [-0.05, 0) is 0 Å². The Labute approximate surface area is 53.6 Å². The maximum Gasteiger partial charge on any atom is 0.307 e. The van der Waals surface area contributed by atoms with Crippen molar-refractivity contribution in [3.05, 3.63) is 0 Å². The molecular weight excluding hydrogens is 120 g/mol. The van der Waals surface area contributed by atoms with Crippen LogP contribution in [0.1, 0.15) is 6.42 Å². The molecule has 1 N–H and O–H groups in total. The number of carboxylic acid groups (broad SMARTS) is 1. The summed E-state index contributed by atoms with van der Waals surface area (Å²) in [7, 11) is 1.38. The van der Waals surface area contributed by atoms with Gasteiger partial charge in [0.1, 0.15) is 6.10 Å². The highest BCUT2D eigenvalue weighted by molar-refractivity contribution is 5.67. The van der Waals surface area contributed by atoms with Crippen LogP contribution in [-0.2, 0) is 9.53 Å². The Hall–Kier alpha value is -1.01. The second-order valence-electron chi connectivity index (χ2n) is 1.49. The fourth-order valence-corrected chi connectivity index (χ4v) is 0.369. The molecule has 0 unspecified atom stereocenters. The van der Waals surface area contributed by atoms with Crippen LogP contribution in [-0.4, -0.2) is 24.3 Å². The first-order valence-corrected chi connectivity index (χ1v) is 2.41. The quantitative estimate of drug-likeness (QED) is 0.549. The maximum absolute atomic E-state index is 9.95. The molecule has 0 fully saturated rings. The number of hydrogen-bond acceptors (Lipinski definition) is 2. The molecule has 0 amide bonds. The van der Waals surface area contributed by atoms with Gasteiger partial charge in [-0.3, -0.25) is 4.79 Å². The van der Waals surface area contributed by atoms with Crippen LogP contribution >= 0.6 is 0 Å². The van der Waals surface area contributed by atoms with Crippen LogP contribution in [0.5, 0.6) is 0 Å². The Morgan fingerprint density at radius 3 is 2.67 bits per heavy atom. The van der Waals surface area contributed by atoms with Crippen LogP contribution in [0, 0.1) is 12.3 Å². The summed E-state index contributed by atoms with van der Waals surface area (Å²) >= 11 is 0. The Bertz CT molecular complexity index is 134. The summed E-state index contributed by atoms with van der Waals surface area (Å²) in [4.78, 5) is 9.95. The van der Waals surface area contributed by atoms with Gasteiger partial charge >= 0.3 is 5.97 Å². The molecule has 0 aromatic heterocycles. The number of ether oxygens (including phenoxy) is 1. The van der Waals surface area contributed by atoms with Gasteiger partial charge in [-0.15, -0.1) is 6.42 Å². The van der Waals surface area contributed by atoms with Gasteiger partial charge in [-0.1, -0.05) is 5.92 Å². The first-order chi connectivity index (χ1) is 4.20. The van der Waals surface area contributed by atoms with Crippen LogP contribution in [0.4, 0.5) is 0 Å². The lowest BCUT2D eigenvalue weighted by Crippen LogP contribution is -2.12. The second-order valence-corrected chi connectivity index (χ2v) is 1.49. The summed E-state index contributed by atoms with van der Waals surface area (Å²) in [6.07, 6.45) is 4.17. The molecule has 0 saturated heterocycles. The van der Waals surface area contributed by atoms with Gasteiger partial charge in [-0.2, -0.15) is 0 Å². The number of carbonyl (C=O) groups is 1. The van der Waals surface area contributed by atoms with E-state index < -0.39 is 12.1 Å². The smallest absolute Gasteiger partial charge is 0.307 e. The molecule has 3 heteroatoms. The van der Waals surface area contributed by atoms with Crippen molar-refractivity contribution in [1.82, 2.24) is 0 Å². The summed E-state index contributed by atoms with van der Waals surface area (Å²) in [5.74, 6) is 1.24. The van der Waals surface area contributed by atoms with E-state index in [0.717, 1.165) is 0 Å². The third-order valence-electron chi connectivity index (χ3n) is 0.830. The van der Waals surface area contributed by atoms with Gasteiger partial charge in [0.25, 0.3) is 0 Å². The van der Waals surface area contributed by atoms with E-state index in [2.05, 4.69) is 10.7 Å². The Morgan fingerprint density at radius 1 is 2.00 bits per heavy atom. The van der Waals surface area contributed by atoms with E-state index in [1.54, 1.807) is 0 Å². The normalized spacial score (nSPS) is 12.0. The molecule has 0 radical (unpaired) electrons. The number of methoxy groups -OCH3 is 1. The highest BCUT2D eigenvalue weighted by atomic mass is 16.5. The zero-order valence-electron chi connectivity index (χ0n) is 5.13. The molecule has 0 bridgehead atoms. The maximum atomic E-state index is 9.95. The molecule has 0 rings (SSSR count). The van der Waals surface area contributed by atoms with E-state index in [1.165, 1.54) is 7.11 Å². The topological polar surface area (TPSA) is 46.5 Å². The van der Waals surface area contributed by atoms with Crippen molar-refractivity contribution in [3.63, 3.8) is 0 Å². The number of carboxylic acids is 1. The summed E-state index contributed by atoms with van der Waals surface area (Å²) in [5, 5.41) is 8.17. The molecule has 0 heterocycles. The lowest BCUT2D eigenvalue weighted by Gasteiger charge is -2.02. The van der Waals surface area contributed by atoms with Crippen molar-refractivity contribution < 1.29 is 14.6 Å². The molecule has 3 nitrogen and oxygen atoms in total. The fraction of sp³-hybridized carbons (Fsp3) is 0.500. The molecule has 9 heavy (non-hydrogen) atoms. The highest BCUT2D eigenvalue weighted by Gasteiger charge is 2.06. The van der Waals surface area contributed by atoms with Crippen molar-refractivity contribution in [2.24, 2.45) is 0 Å². The molecule has 0 spiro atoms. The van der Waals surface area contributed by atoms with Gasteiger partial charge < -0.3 is 9.84 Å². The summed E-state index contributed by atoms with van der Waals surface area (Å²) in [6.45, 7) is 0. The Kier molecular flexibility index (Phi) is 3.49. The summed E-state index contributed by atoms with van der Waals surface area (Å²) in [5.41, 5.74) is 0. The van der Waals surface area contributed by atoms with Crippen LogP contribution < -0.4 is 0 Å². The summed E-state index contributed by atoms with van der Waals surface area (Å²) < 4.78 is 4.59. The minimum absolute atomic E-state index is 0.132. The zero-order chi connectivity index (χ0) is 7.28. The van der Waals surface area contributed by atoms with E-state index in [4.69, 9.17) is 11.5 Å². The minimum Gasteiger partial charge on any atom is -0.481 e. The van der Waals surface area contributed by atoms with Gasteiger partial charge in [0.2, 0.25) is 0 Å². The van der Waals surface area contributed by atoms with Crippen LogP contribution in [0.15, 0.2) is 0 Å². The van der Waals surface area contributed by atoms with Crippen LogP contribution in [0.25, 0.3) is 0 Å². The highest BCUT2D eigenvalue weighted by Crippen LogP contribution is 1.93. The van der Waals surface area contributed by atoms with Gasteiger partial charge in [0.05, 0.1) is 6.42 Å². The lowest BCUT2D eigenvalue weighted by molar-refractivity contribution is -0.138. The predicted octanol–water partition coefficient (Wildman–Crippen LogP) is 0.109. The first-order valence-electron chi connectivity index (χ1n) is 2.41. The second kappa shape index (κ2) is 3.93. The number of aliphatic carboxylic acids is 1. The van der Waals surface area contributed by atoms with Crippen LogP contribution in [0.3, 0.4) is 0 Å². The molecule has 0 aromatic rings. The third-order valence-corrected chi connectivity index (χ3v) is 0.830. The average molecular weight is 128 g/mol. The molecule has 0 aromatic carbocycles. The third kappa shape index (κ3) is 3.56. The number of rotatable bonds is 3. The molecule has 0 aliphatic heterocycles. The summed E-state index contributed by atoms with van der Waals surface area (Å²) in [6, 6.07) is 0. The van der Waals surface area contributed by atoms with Gasteiger partial charge in [-0.25, -0.2) is 0 Å². The first kappa shape index (κ1) is 7.99. The molecule has 1 atom stereocenters.